The molecule has 0 saturated heterocycles. The Morgan fingerprint density at radius 3 is 2.83 bits per heavy atom. The molecule has 1 saturated carbocycles. The number of fused-ring (bicyclic) bond motifs is 2. The van der Waals surface area contributed by atoms with Crippen molar-refractivity contribution in [2.24, 2.45) is 0 Å². The van der Waals surface area contributed by atoms with E-state index < -0.39 is 18.4 Å². The standard InChI is InChI=1S/C26H23F2N5O3/c1-35-25-16(28)3-2-4-18(25)31-24-20-21(13(11-27)12-30-26(20)34)33-23(24)15-9-10-29-17-7-8-19(32-22(15)17)36-14-5-6-14/h2-4,7-10,13-14,31,33H,5-6,11-12H2,1H3,(H,30,34). The first-order chi connectivity index (χ1) is 17.6. The smallest absolute Gasteiger partial charge is 0.255 e. The van der Waals surface area contributed by atoms with Crippen molar-refractivity contribution in [1.29, 1.82) is 0 Å². The lowest BCUT2D eigenvalue weighted by atomic mass is 9.97. The molecule has 184 valence electrons. The second-order valence-corrected chi connectivity index (χ2v) is 8.86. The fourth-order valence-electron chi connectivity index (χ4n) is 4.51. The van der Waals surface area contributed by atoms with E-state index in [1.807, 2.05) is 6.07 Å². The monoisotopic (exact) mass is 491 g/mol. The van der Waals surface area contributed by atoms with Crippen LogP contribution in [0.2, 0.25) is 0 Å². The van der Waals surface area contributed by atoms with Crippen LogP contribution in [0.15, 0.2) is 42.6 Å². The minimum absolute atomic E-state index is 0.00510. The molecule has 2 aliphatic rings. The summed E-state index contributed by atoms with van der Waals surface area (Å²) in [5, 5.41) is 5.93. The number of amides is 1. The van der Waals surface area contributed by atoms with E-state index in [2.05, 4.69) is 20.6 Å². The number of ether oxygens (including phenoxy) is 2. The molecule has 4 aromatic rings. The minimum Gasteiger partial charge on any atom is -0.492 e. The van der Waals surface area contributed by atoms with Crippen molar-refractivity contribution in [3.05, 3.63) is 59.7 Å². The topological polar surface area (TPSA) is 101 Å². The molecular weight excluding hydrogens is 468 g/mol. The predicted molar refractivity (Wildman–Crippen MR) is 130 cm³/mol. The number of anilines is 2. The van der Waals surface area contributed by atoms with Gasteiger partial charge in [0.05, 0.1) is 41.9 Å². The molecule has 3 aromatic heterocycles. The van der Waals surface area contributed by atoms with Crippen molar-refractivity contribution < 1.29 is 23.0 Å². The molecule has 4 heterocycles. The lowest BCUT2D eigenvalue weighted by Gasteiger charge is -2.21. The number of H-pyrrole nitrogens is 1. The molecule has 1 aliphatic carbocycles. The van der Waals surface area contributed by atoms with Gasteiger partial charge in [0.25, 0.3) is 5.91 Å². The summed E-state index contributed by atoms with van der Waals surface area (Å²) in [5.41, 5.74) is 3.74. The number of alkyl halides is 1. The Labute approximate surface area is 205 Å². The molecular formula is C26H23F2N5O3. The number of benzene rings is 1. The number of aromatic nitrogens is 3. The molecule has 36 heavy (non-hydrogen) atoms. The van der Waals surface area contributed by atoms with Gasteiger partial charge in [0.1, 0.15) is 11.6 Å². The zero-order chi connectivity index (χ0) is 24.8. The van der Waals surface area contributed by atoms with E-state index in [0.717, 1.165) is 12.8 Å². The molecule has 8 nitrogen and oxygen atoms in total. The summed E-state index contributed by atoms with van der Waals surface area (Å²) < 4.78 is 39.6. The van der Waals surface area contributed by atoms with Crippen LogP contribution in [0.4, 0.5) is 20.2 Å². The Morgan fingerprint density at radius 1 is 1.19 bits per heavy atom. The summed E-state index contributed by atoms with van der Waals surface area (Å²) in [4.78, 5) is 25.4. The summed E-state index contributed by atoms with van der Waals surface area (Å²) >= 11 is 0. The number of rotatable bonds is 7. The second kappa shape index (κ2) is 8.78. The summed E-state index contributed by atoms with van der Waals surface area (Å²) in [6, 6.07) is 9.83. The zero-order valence-electron chi connectivity index (χ0n) is 19.4. The van der Waals surface area contributed by atoms with Crippen LogP contribution in [-0.2, 0) is 0 Å². The average Bonchev–Trinajstić information content (AvgIpc) is 3.62. The first-order valence-corrected chi connectivity index (χ1v) is 11.7. The zero-order valence-corrected chi connectivity index (χ0v) is 19.4. The number of pyridine rings is 2. The maximum Gasteiger partial charge on any atom is 0.255 e. The number of halogens is 2. The van der Waals surface area contributed by atoms with Crippen molar-refractivity contribution in [1.82, 2.24) is 20.3 Å². The van der Waals surface area contributed by atoms with Gasteiger partial charge in [-0.05, 0) is 37.1 Å². The van der Waals surface area contributed by atoms with Crippen molar-refractivity contribution in [3.8, 4) is 22.9 Å². The molecule has 1 fully saturated rings. The van der Waals surface area contributed by atoms with Crippen LogP contribution in [0, 0.1) is 5.82 Å². The highest BCUT2D eigenvalue weighted by Crippen LogP contribution is 2.43. The van der Waals surface area contributed by atoms with E-state index >= 15 is 0 Å². The molecule has 1 atom stereocenters. The summed E-state index contributed by atoms with van der Waals surface area (Å²) in [7, 11) is 1.37. The van der Waals surface area contributed by atoms with Gasteiger partial charge in [0.2, 0.25) is 5.88 Å². The lowest BCUT2D eigenvalue weighted by Crippen LogP contribution is -2.35. The lowest BCUT2D eigenvalue weighted by molar-refractivity contribution is 0.0938. The maximum atomic E-state index is 14.5. The third-order valence-electron chi connectivity index (χ3n) is 6.43. The van der Waals surface area contributed by atoms with Gasteiger partial charge >= 0.3 is 0 Å². The Kier molecular flexibility index (Phi) is 5.43. The van der Waals surface area contributed by atoms with Gasteiger partial charge < -0.3 is 25.1 Å². The normalized spacial score (nSPS) is 17.0. The average molecular weight is 491 g/mol. The molecule has 0 radical (unpaired) electrons. The number of nitrogens with one attached hydrogen (secondary N) is 3. The van der Waals surface area contributed by atoms with Gasteiger partial charge in [0.15, 0.2) is 11.6 Å². The first kappa shape index (κ1) is 22.3. The van der Waals surface area contributed by atoms with Crippen molar-refractivity contribution in [2.75, 3.05) is 25.6 Å². The fourth-order valence-corrected chi connectivity index (χ4v) is 4.51. The molecule has 1 aliphatic heterocycles. The Balaban J connectivity index is 1.57. The number of para-hydroxylation sites is 1. The summed E-state index contributed by atoms with van der Waals surface area (Å²) in [6.07, 6.45) is 3.79. The highest BCUT2D eigenvalue weighted by molar-refractivity contribution is 6.08. The first-order valence-electron chi connectivity index (χ1n) is 11.7. The van der Waals surface area contributed by atoms with Gasteiger partial charge in [-0.1, -0.05) is 6.07 Å². The Morgan fingerprint density at radius 2 is 2.06 bits per heavy atom. The van der Waals surface area contributed by atoms with Gasteiger partial charge in [-0.25, -0.2) is 9.37 Å². The molecule has 1 unspecified atom stereocenters. The minimum atomic E-state index is -0.662. The number of carbonyl (C=O) groups excluding carboxylic acids is 1. The third-order valence-corrected chi connectivity index (χ3v) is 6.43. The second-order valence-electron chi connectivity index (χ2n) is 8.86. The van der Waals surface area contributed by atoms with E-state index in [1.165, 1.54) is 19.2 Å². The van der Waals surface area contributed by atoms with Crippen LogP contribution in [0.5, 0.6) is 11.6 Å². The Bertz CT molecular complexity index is 1480. The number of aromatic amines is 1. The van der Waals surface area contributed by atoms with Crippen LogP contribution in [0.25, 0.3) is 22.3 Å². The number of nitrogens with zero attached hydrogens (tertiary/aromatic N) is 2. The van der Waals surface area contributed by atoms with Gasteiger partial charge in [-0.2, -0.15) is 0 Å². The molecule has 10 heteroatoms. The van der Waals surface area contributed by atoms with Crippen molar-refractivity contribution >= 4 is 28.3 Å². The summed E-state index contributed by atoms with van der Waals surface area (Å²) in [5.74, 6) is -1.00. The molecule has 0 bridgehead atoms. The maximum absolute atomic E-state index is 14.5. The van der Waals surface area contributed by atoms with Gasteiger partial charge in [-0.3, -0.25) is 14.2 Å². The molecule has 0 spiro atoms. The fraction of sp³-hybridized carbons (Fsp3) is 0.269. The van der Waals surface area contributed by atoms with Gasteiger partial charge in [-0.15, -0.1) is 0 Å². The number of methoxy groups -OCH3 is 1. The van der Waals surface area contributed by atoms with E-state index in [0.29, 0.717) is 45.2 Å². The van der Waals surface area contributed by atoms with Crippen molar-refractivity contribution in [3.63, 3.8) is 0 Å². The third kappa shape index (κ3) is 3.78. The van der Waals surface area contributed by atoms with Crippen molar-refractivity contribution in [2.45, 2.75) is 24.9 Å². The van der Waals surface area contributed by atoms with E-state index in [4.69, 9.17) is 14.5 Å². The van der Waals surface area contributed by atoms with Crippen LogP contribution < -0.4 is 20.1 Å². The van der Waals surface area contributed by atoms with E-state index in [9.17, 15) is 13.6 Å². The largest absolute Gasteiger partial charge is 0.492 e. The van der Waals surface area contributed by atoms with Crippen LogP contribution in [0.1, 0.15) is 34.8 Å². The Hall–Kier alpha value is -4.21. The number of hydrogen-bond acceptors (Lipinski definition) is 6. The van der Waals surface area contributed by atoms with Crippen LogP contribution in [0.3, 0.4) is 0 Å². The molecule has 1 aromatic carbocycles. The highest BCUT2D eigenvalue weighted by Gasteiger charge is 2.34. The summed E-state index contributed by atoms with van der Waals surface area (Å²) in [6.45, 7) is -0.496. The quantitative estimate of drug-likeness (QED) is 0.342. The van der Waals surface area contributed by atoms with Gasteiger partial charge in [0, 0.05) is 36.0 Å². The highest BCUT2D eigenvalue weighted by atomic mass is 19.1. The van der Waals surface area contributed by atoms with E-state index in [1.54, 1.807) is 24.4 Å². The number of hydrogen-bond donors (Lipinski definition) is 3. The molecule has 3 N–H and O–H groups in total. The molecule has 6 rings (SSSR count). The van der Waals surface area contributed by atoms with Crippen LogP contribution >= 0.6 is 0 Å². The van der Waals surface area contributed by atoms with E-state index in [-0.39, 0.29) is 29.9 Å². The SMILES string of the molecule is COc1c(F)cccc1Nc1c(-c2ccnc3ccc(OC4CC4)nc23)[nH]c2c1C(=O)NCC2CF. The molecule has 1 amide bonds. The van der Waals surface area contributed by atoms with Crippen LogP contribution in [-0.4, -0.2) is 47.3 Å². The number of carbonyl (C=O) groups is 1. The predicted octanol–water partition coefficient (Wildman–Crippen LogP) is 4.85.